The van der Waals surface area contributed by atoms with Crippen molar-refractivity contribution in [1.82, 2.24) is 4.57 Å². The van der Waals surface area contributed by atoms with Crippen molar-refractivity contribution < 1.29 is 0 Å². The molecule has 0 bridgehead atoms. The normalized spacial score (nSPS) is 15.9. The summed E-state index contributed by atoms with van der Waals surface area (Å²) in [6.45, 7) is 14.1. The Balaban J connectivity index is 1.06. The van der Waals surface area contributed by atoms with Crippen LogP contribution < -0.4 is 0 Å². The van der Waals surface area contributed by atoms with Gasteiger partial charge in [0.15, 0.2) is 11.7 Å². The second-order valence-corrected chi connectivity index (χ2v) is 17.5. The molecule has 282 valence electrons. The number of amidine groups is 2. The van der Waals surface area contributed by atoms with E-state index in [1.807, 2.05) is 42.6 Å². The maximum absolute atomic E-state index is 9.22. The van der Waals surface area contributed by atoms with Gasteiger partial charge in [-0.3, -0.25) is 5.41 Å². The van der Waals surface area contributed by atoms with E-state index >= 15 is 0 Å². The van der Waals surface area contributed by atoms with Crippen LogP contribution >= 0.6 is 0 Å². The lowest BCUT2D eigenvalue weighted by Gasteiger charge is -2.48. The molecule has 0 spiro atoms. The molecule has 2 aliphatic carbocycles. The molecule has 0 saturated carbocycles. The number of benzene rings is 7. The van der Waals surface area contributed by atoms with Gasteiger partial charge in [-0.25, -0.2) is 9.98 Å². The fourth-order valence-electron chi connectivity index (χ4n) is 9.63. The standard InChI is InChI=1S/C54H46N4/c1-52(2)44-24-13-10-21-38(44)40-28-27-36(30-46(40)52)50(55)57-51(35-18-8-7-9-19-35)56-33-34-17-16-20-37(29-34)58-48-26-15-12-23-41(48)43-31-47-42(32-49(43)58)39-22-11-14-25-45(39)53(3,4)54(47,5)6/h7-33,55H,1-6H3. The topological polar surface area (TPSA) is 53.5 Å². The first-order chi connectivity index (χ1) is 27.9. The highest BCUT2D eigenvalue weighted by Gasteiger charge is 2.46. The van der Waals surface area contributed by atoms with Crippen molar-refractivity contribution in [2.24, 2.45) is 9.98 Å². The molecule has 4 heteroatoms. The van der Waals surface area contributed by atoms with Gasteiger partial charge < -0.3 is 4.57 Å². The van der Waals surface area contributed by atoms with Gasteiger partial charge in [-0.1, -0.05) is 163 Å². The quantitative estimate of drug-likeness (QED) is 0.138. The molecule has 0 unspecified atom stereocenters. The lowest BCUT2D eigenvalue weighted by Crippen LogP contribution is -2.43. The van der Waals surface area contributed by atoms with Gasteiger partial charge in [0.25, 0.3) is 0 Å². The summed E-state index contributed by atoms with van der Waals surface area (Å²) in [7, 11) is 0. The average molecular weight is 751 g/mol. The molecular weight excluding hydrogens is 705 g/mol. The third kappa shape index (κ3) is 5.31. The third-order valence-electron chi connectivity index (χ3n) is 13.5. The molecule has 1 N–H and O–H groups in total. The summed E-state index contributed by atoms with van der Waals surface area (Å²) in [5.41, 5.74) is 16.1. The summed E-state index contributed by atoms with van der Waals surface area (Å²) in [5, 5.41) is 11.7. The van der Waals surface area contributed by atoms with Crippen LogP contribution in [0.4, 0.5) is 0 Å². The molecule has 58 heavy (non-hydrogen) atoms. The molecule has 0 aliphatic heterocycles. The summed E-state index contributed by atoms with van der Waals surface area (Å²) in [4.78, 5) is 9.88. The van der Waals surface area contributed by atoms with Crippen LogP contribution in [0, 0.1) is 5.41 Å². The van der Waals surface area contributed by atoms with E-state index in [2.05, 4.69) is 167 Å². The van der Waals surface area contributed by atoms with Crippen molar-refractivity contribution in [3.8, 4) is 27.9 Å². The highest BCUT2D eigenvalue weighted by atomic mass is 15.0. The van der Waals surface area contributed by atoms with E-state index in [0.29, 0.717) is 5.84 Å². The van der Waals surface area contributed by atoms with Crippen LogP contribution in [0.3, 0.4) is 0 Å². The number of aliphatic imine (C=N–C) groups is 2. The molecule has 7 aromatic carbocycles. The molecule has 4 nitrogen and oxygen atoms in total. The van der Waals surface area contributed by atoms with E-state index in [1.54, 1.807) is 0 Å². The zero-order valence-corrected chi connectivity index (χ0v) is 33.9. The van der Waals surface area contributed by atoms with Crippen LogP contribution in [-0.4, -0.2) is 22.5 Å². The minimum Gasteiger partial charge on any atom is -0.309 e. The van der Waals surface area contributed by atoms with Crippen molar-refractivity contribution in [3.63, 3.8) is 0 Å². The molecule has 0 fully saturated rings. The number of para-hydroxylation sites is 1. The molecule has 1 aromatic heterocycles. The molecular formula is C54H46N4. The van der Waals surface area contributed by atoms with Gasteiger partial charge in [0, 0.05) is 39.2 Å². The fourth-order valence-corrected chi connectivity index (χ4v) is 9.63. The van der Waals surface area contributed by atoms with Crippen LogP contribution in [0.1, 0.15) is 80.5 Å². The van der Waals surface area contributed by atoms with Crippen LogP contribution in [-0.2, 0) is 16.2 Å². The zero-order chi connectivity index (χ0) is 40.0. The number of nitrogens with one attached hydrogen (secondary N) is 1. The van der Waals surface area contributed by atoms with E-state index in [4.69, 9.17) is 9.98 Å². The first-order valence-corrected chi connectivity index (χ1v) is 20.2. The van der Waals surface area contributed by atoms with Gasteiger partial charge in [0.2, 0.25) is 0 Å². The van der Waals surface area contributed by atoms with Crippen LogP contribution in [0.5, 0.6) is 0 Å². The Morgan fingerprint density at radius 1 is 0.500 bits per heavy atom. The molecule has 0 radical (unpaired) electrons. The number of aromatic nitrogens is 1. The van der Waals surface area contributed by atoms with Gasteiger partial charge >= 0.3 is 0 Å². The highest BCUT2D eigenvalue weighted by Crippen LogP contribution is 2.55. The highest BCUT2D eigenvalue weighted by molar-refractivity contribution is 6.14. The summed E-state index contributed by atoms with van der Waals surface area (Å²) in [6.07, 6.45) is 1.88. The van der Waals surface area contributed by atoms with E-state index in [9.17, 15) is 5.41 Å². The van der Waals surface area contributed by atoms with E-state index in [1.165, 1.54) is 66.3 Å². The van der Waals surface area contributed by atoms with Crippen molar-refractivity contribution in [3.05, 3.63) is 197 Å². The largest absolute Gasteiger partial charge is 0.309 e. The molecule has 10 rings (SSSR count). The Morgan fingerprint density at radius 3 is 1.95 bits per heavy atom. The minimum atomic E-state index is -0.162. The van der Waals surface area contributed by atoms with Gasteiger partial charge in [-0.15, -0.1) is 0 Å². The predicted octanol–water partition coefficient (Wildman–Crippen LogP) is 13.2. The lowest BCUT2D eigenvalue weighted by atomic mass is 9.55. The fraction of sp³-hybridized carbons (Fsp3) is 0.167. The number of nitrogens with zero attached hydrogens (tertiary/aromatic N) is 3. The summed E-state index contributed by atoms with van der Waals surface area (Å²) in [6, 6.07) is 56.0. The van der Waals surface area contributed by atoms with Crippen LogP contribution in [0.25, 0.3) is 49.7 Å². The summed E-state index contributed by atoms with van der Waals surface area (Å²) in [5.74, 6) is 0.674. The summed E-state index contributed by atoms with van der Waals surface area (Å²) < 4.78 is 2.40. The Bertz CT molecular complexity index is 3040. The number of hydrogen-bond acceptors (Lipinski definition) is 1. The molecule has 0 atom stereocenters. The zero-order valence-electron chi connectivity index (χ0n) is 33.9. The Kier molecular flexibility index (Phi) is 7.97. The second-order valence-electron chi connectivity index (χ2n) is 17.5. The third-order valence-corrected chi connectivity index (χ3v) is 13.5. The van der Waals surface area contributed by atoms with Gasteiger partial charge in [0.1, 0.15) is 0 Å². The van der Waals surface area contributed by atoms with Crippen LogP contribution in [0.15, 0.2) is 168 Å². The van der Waals surface area contributed by atoms with Crippen molar-refractivity contribution in [1.29, 1.82) is 5.41 Å². The molecule has 2 aliphatic rings. The molecule has 0 amide bonds. The SMILES string of the molecule is CC1(C)c2ccccc2-c2ccc(C(=N)N=C(N=Cc3cccc(-n4c5ccccc5c5cc6c(cc54)-c4ccccc4C(C)(C)C6(C)C)c3)c3ccccc3)cc21. The Labute approximate surface area is 340 Å². The van der Waals surface area contributed by atoms with Crippen molar-refractivity contribution >= 4 is 39.7 Å². The second kappa shape index (κ2) is 12.9. The van der Waals surface area contributed by atoms with Gasteiger partial charge in [-0.2, -0.15) is 0 Å². The Morgan fingerprint density at radius 2 is 1.16 bits per heavy atom. The maximum atomic E-state index is 9.22. The molecule has 8 aromatic rings. The van der Waals surface area contributed by atoms with E-state index < -0.39 is 0 Å². The first-order valence-electron chi connectivity index (χ1n) is 20.2. The Hall–Kier alpha value is -6.65. The first kappa shape index (κ1) is 35.7. The maximum Gasteiger partial charge on any atom is 0.161 e. The molecule has 0 saturated heterocycles. The van der Waals surface area contributed by atoms with Gasteiger partial charge in [-0.05, 0) is 97.3 Å². The average Bonchev–Trinajstić information content (AvgIpc) is 3.69. The lowest BCUT2D eigenvalue weighted by molar-refractivity contribution is 0.299. The molecule has 1 heterocycles. The predicted molar refractivity (Wildman–Crippen MR) is 244 cm³/mol. The van der Waals surface area contributed by atoms with Gasteiger partial charge in [0.05, 0.1) is 11.0 Å². The van der Waals surface area contributed by atoms with Crippen molar-refractivity contribution in [2.45, 2.75) is 57.8 Å². The van der Waals surface area contributed by atoms with Crippen LogP contribution in [0.2, 0.25) is 0 Å². The summed E-state index contributed by atoms with van der Waals surface area (Å²) >= 11 is 0. The minimum absolute atomic E-state index is 0.0403. The monoisotopic (exact) mass is 750 g/mol. The number of rotatable bonds is 4. The van der Waals surface area contributed by atoms with E-state index in [-0.39, 0.29) is 22.1 Å². The van der Waals surface area contributed by atoms with E-state index in [0.717, 1.165) is 22.4 Å². The number of hydrogen-bond donors (Lipinski definition) is 1. The number of fused-ring (bicyclic) bond motifs is 9. The van der Waals surface area contributed by atoms with Crippen molar-refractivity contribution in [2.75, 3.05) is 0 Å². The smallest absolute Gasteiger partial charge is 0.161 e.